The first-order chi connectivity index (χ1) is 8.36. The number of H-pyrrole nitrogens is 1. The highest BCUT2D eigenvalue weighted by Crippen LogP contribution is 2.29. The molecule has 0 saturated carbocycles. The summed E-state index contributed by atoms with van der Waals surface area (Å²) < 4.78 is 37.1. The summed E-state index contributed by atoms with van der Waals surface area (Å²) in [5, 5.41) is 0. The number of aromatic amines is 1. The topological polar surface area (TPSA) is 54.7 Å². The average molecular weight is 255 g/mol. The number of halogens is 3. The van der Waals surface area contributed by atoms with Gasteiger partial charge in [0.1, 0.15) is 0 Å². The van der Waals surface area contributed by atoms with Crippen molar-refractivity contribution in [3.05, 3.63) is 46.8 Å². The summed E-state index contributed by atoms with van der Waals surface area (Å²) in [4.78, 5) is 6.93. The van der Waals surface area contributed by atoms with Gasteiger partial charge in [-0.2, -0.15) is 13.2 Å². The number of anilines is 1. The molecule has 0 unspecified atom stereocenters. The van der Waals surface area contributed by atoms with Gasteiger partial charge in [0.2, 0.25) is 0 Å². The molecular weight excluding hydrogens is 243 g/mol. The number of alkyl halides is 3. The van der Waals surface area contributed by atoms with Gasteiger partial charge >= 0.3 is 6.18 Å². The van der Waals surface area contributed by atoms with Gasteiger partial charge in [0.05, 0.1) is 11.3 Å². The van der Waals surface area contributed by atoms with Gasteiger partial charge in [0.15, 0.2) is 5.95 Å². The van der Waals surface area contributed by atoms with Crippen LogP contribution in [0.3, 0.4) is 0 Å². The summed E-state index contributed by atoms with van der Waals surface area (Å²) in [7, 11) is 0. The maximum absolute atomic E-state index is 12.4. The largest absolute Gasteiger partial charge is 0.416 e. The molecule has 0 spiro atoms. The zero-order valence-electron chi connectivity index (χ0n) is 9.67. The third kappa shape index (κ3) is 2.64. The van der Waals surface area contributed by atoms with Crippen LogP contribution in [0.1, 0.15) is 22.5 Å². The maximum Gasteiger partial charge on any atom is 0.416 e. The molecule has 1 heterocycles. The van der Waals surface area contributed by atoms with E-state index in [2.05, 4.69) is 9.97 Å². The molecular formula is C12H12F3N3. The molecule has 96 valence electrons. The Morgan fingerprint density at radius 1 is 1.22 bits per heavy atom. The van der Waals surface area contributed by atoms with E-state index in [-0.39, 0.29) is 0 Å². The first kappa shape index (κ1) is 12.5. The molecule has 0 aliphatic carbocycles. The molecule has 3 N–H and O–H groups in total. The van der Waals surface area contributed by atoms with Gasteiger partial charge in [-0.1, -0.05) is 12.1 Å². The van der Waals surface area contributed by atoms with Crippen molar-refractivity contribution >= 4 is 5.95 Å². The van der Waals surface area contributed by atoms with E-state index in [1.807, 2.05) is 6.92 Å². The molecule has 1 aromatic heterocycles. The predicted molar refractivity (Wildman–Crippen MR) is 62.0 cm³/mol. The Morgan fingerprint density at radius 2 is 1.83 bits per heavy atom. The normalized spacial score (nSPS) is 11.8. The molecule has 0 aliphatic rings. The third-order valence-electron chi connectivity index (χ3n) is 2.66. The lowest BCUT2D eigenvalue weighted by atomic mass is 10.1. The predicted octanol–water partition coefficient (Wildman–Crippen LogP) is 2.91. The first-order valence-corrected chi connectivity index (χ1v) is 5.33. The van der Waals surface area contributed by atoms with Crippen LogP contribution in [-0.2, 0) is 12.6 Å². The lowest BCUT2D eigenvalue weighted by Crippen LogP contribution is -2.04. The van der Waals surface area contributed by atoms with E-state index in [9.17, 15) is 13.2 Å². The summed E-state index contributed by atoms with van der Waals surface area (Å²) in [6.07, 6.45) is -3.84. The molecule has 0 saturated heterocycles. The smallest absolute Gasteiger partial charge is 0.369 e. The van der Waals surface area contributed by atoms with Crippen LogP contribution in [0.4, 0.5) is 19.1 Å². The molecule has 1 aromatic carbocycles. The number of aryl methyl sites for hydroxylation is 1. The molecule has 0 fully saturated rings. The highest BCUT2D eigenvalue weighted by molar-refractivity contribution is 5.32. The Bertz CT molecular complexity index is 541. The number of nitrogen functional groups attached to an aromatic ring is 1. The van der Waals surface area contributed by atoms with Gasteiger partial charge in [-0.3, -0.25) is 0 Å². The van der Waals surface area contributed by atoms with Crippen molar-refractivity contribution in [2.24, 2.45) is 0 Å². The Morgan fingerprint density at radius 3 is 2.28 bits per heavy atom. The summed E-state index contributed by atoms with van der Waals surface area (Å²) in [5.74, 6) is 0.314. The molecule has 0 radical (unpaired) electrons. The van der Waals surface area contributed by atoms with Crippen molar-refractivity contribution in [1.82, 2.24) is 9.97 Å². The fourth-order valence-electron chi connectivity index (χ4n) is 1.70. The summed E-state index contributed by atoms with van der Waals surface area (Å²) in [5.41, 5.74) is 7.18. The lowest BCUT2D eigenvalue weighted by Gasteiger charge is -2.07. The van der Waals surface area contributed by atoms with E-state index < -0.39 is 11.7 Å². The van der Waals surface area contributed by atoms with Crippen LogP contribution in [0.2, 0.25) is 0 Å². The molecule has 0 atom stereocenters. The molecule has 0 bridgehead atoms. The van der Waals surface area contributed by atoms with E-state index in [4.69, 9.17) is 5.73 Å². The van der Waals surface area contributed by atoms with E-state index in [0.29, 0.717) is 12.4 Å². The minimum Gasteiger partial charge on any atom is -0.369 e. The monoisotopic (exact) mass is 255 g/mol. The second-order valence-corrected chi connectivity index (χ2v) is 4.07. The Balaban J connectivity index is 2.18. The first-order valence-electron chi connectivity index (χ1n) is 5.33. The Hall–Kier alpha value is -1.98. The quantitative estimate of drug-likeness (QED) is 0.866. The number of hydrogen-bond donors (Lipinski definition) is 2. The van der Waals surface area contributed by atoms with E-state index in [0.717, 1.165) is 29.1 Å². The fourth-order valence-corrected chi connectivity index (χ4v) is 1.70. The van der Waals surface area contributed by atoms with Crippen LogP contribution in [0.5, 0.6) is 0 Å². The van der Waals surface area contributed by atoms with Crippen LogP contribution >= 0.6 is 0 Å². The van der Waals surface area contributed by atoms with Crippen molar-refractivity contribution in [3.63, 3.8) is 0 Å². The van der Waals surface area contributed by atoms with Crippen molar-refractivity contribution in [3.8, 4) is 0 Å². The molecule has 3 nitrogen and oxygen atoms in total. The number of imidazole rings is 1. The second kappa shape index (κ2) is 4.36. The zero-order chi connectivity index (χ0) is 13.3. The second-order valence-electron chi connectivity index (χ2n) is 4.07. The molecule has 0 aliphatic heterocycles. The van der Waals surface area contributed by atoms with E-state index >= 15 is 0 Å². The number of benzene rings is 1. The van der Waals surface area contributed by atoms with Crippen molar-refractivity contribution < 1.29 is 13.2 Å². The van der Waals surface area contributed by atoms with Crippen LogP contribution in [0, 0.1) is 6.92 Å². The SMILES string of the molecule is Cc1[nH]c(N)nc1Cc1ccc(C(F)(F)F)cc1. The van der Waals surface area contributed by atoms with Gasteiger partial charge in [0.25, 0.3) is 0 Å². The zero-order valence-corrected chi connectivity index (χ0v) is 9.67. The molecule has 2 aromatic rings. The van der Waals surface area contributed by atoms with Crippen molar-refractivity contribution in [2.75, 3.05) is 5.73 Å². The highest BCUT2D eigenvalue weighted by Gasteiger charge is 2.29. The minimum absolute atomic E-state index is 0.314. The van der Waals surface area contributed by atoms with Crippen molar-refractivity contribution in [2.45, 2.75) is 19.5 Å². The Labute approximate surface area is 102 Å². The van der Waals surface area contributed by atoms with Gasteiger partial charge in [0, 0.05) is 12.1 Å². The van der Waals surface area contributed by atoms with Crippen LogP contribution in [-0.4, -0.2) is 9.97 Å². The van der Waals surface area contributed by atoms with E-state index in [1.54, 1.807) is 0 Å². The number of aromatic nitrogens is 2. The van der Waals surface area contributed by atoms with Gasteiger partial charge < -0.3 is 10.7 Å². The molecule has 6 heteroatoms. The summed E-state index contributed by atoms with van der Waals surface area (Å²) in [6.45, 7) is 1.82. The maximum atomic E-state index is 12.4. The number of rotatable bonds is 2. The van der Waals surface area contributed by atoms with Crippen LogP contribution in [0.25, 0.3) is 0 Å². The molecule has 0 amide bonds. The lowest BCUT2D eigenvalue weighted by molar-refractivity contribution is -0.137. The summed E-state index contributed by atoms with van der Waals surface area (Å²) >= 11 is 0. The number of nitrogens with one attached hydrogen (secondary N) is 1. The number of nitrogens with two attached hydrogens (primary N) is 1. The average Bonchev–Trinajstić information content (AvgIpc) is 2.57. The standard InChI is InChI=1S/C12H12F3N3/c1-7-10(18-11(16)17-7)6-8-2-4-9(5-3-8)12(13,14)15/h2-5H,6H2,1H3,(H3,16,17,18). The Kier molecular flexibility index (Phi) is 3.02. The number of nitrogens with zero attached hydrogens (tertiary/aromatic N) is 1. The van der Waals surface area contributed by atoms with Crippen LogP contribution < -0.4 is 5.73 Å². The van der Waals surface area contributed by atoms with E-state index in [1.165, 1.54) is 12.1 Å². The fraction of sp³-hybridized carbons (Fsp3) is 0.250. The third-order valence-corrected chi connectivity index (χ3v) is 2.66. The van der Waals surface area contributed by atoms with Crippen LogP contribution in [0.15, 0.2) is 24.3 Å². The molecule has 18 heavy (non-hydrogen) atoms. The highest BCUT2D eigenvalue weighted by atomic mass is 19.4. The minimum atomic E-state index is -4.30. The molecule has 2 rings (SSSR count). The summed E-state index contributed by atoms with van der Waals surface area (Å²) in [6, 6.07) is 5.04. The van der Waals surface area contributed by atoms with Gasteiger partial charge in [-0.05, 0) is 24.6 Å². The number of hydrogen-bond acceptors (Lipinski definition) is 2. The van der Waals surface area contributed by atoms with Gasteiger partial charge in [-0.25, -0.2) is 4.98 Å². The van der Waals surface area contributed by atoms with Crippen molar-refractivity contribution in [1.29, 1.82) is 0 Å². The van der Waals surface area contributed by atoms with Gasteiger partial charge in [-0.15, -0.1) is 0 Å².